The predicted molar refractivity (Wildman–Crippen MR) is 220 cm³/mol. The van der Waals surface area contributed by atoms with Gasteiger partial charge in [0.05, 0.1) is 37.1 Å². The number of hydrogen-bond acceptors (Lipinski definition) is 16. The fourth-order valence-corrected chi connectivity index (χ4v) is 10.1. The van der Waals surface area contributed by atoms with E-state index in [-0.39, 0.29) is 48.5 Å². The lowest BCUT2D eigenvalue weighted by molar-refractivity contribution is -0.305. The highest BCUT2D eigenvalue weighted by Crippen LogP contribution is 2.43. The Labute approximate surface area is 358 Å². The summed E-state index contributed by atoms with van der Waals surface area (Å²) in [6.45, 7) is 12.4. The number of methoxy groups -OCH3 is 2. The zero-order valence-corrected chi connectivity index (χ0v) is 37.8. The number of thioether (sulfide) groups is 1. The van der Waals surface area contributed by atoms with Crippen molar-refractivity contribution < 1.29 is 72.4 Å². The van der Waals surface area contributed by atoms with Gasteiger partial charge in [-0.05, 0) is 53.1 Å². The molecule has 18 heteroatoms. The molecule has 3 fully saturated rings. The summed E-state index contributed by atoms with van der Waals surface area (Å²) >= 11 is 1.23. The largest absolute Gasteiger partial charge is 0.480 e. The molecule has 19 atom stereocenters. The topological polar surface area (TPSA) is 221 Å². The van der Waals surface area contributed by atoms with Crippen LogP contribution in [0.3, 0.4) is 0 Å². The van der Waals surface area contributed by atoms with Gasteiger partial charge in [-0.3, -0.25) is 9.59 Å². The minimum atomic E-state index is -1.21. The average molecular weight is 875 g/mol. The van der Waals surface area contributed by atoms with Crippen molar-refractivity contribution in [2.45, 2.75) is 165 Å². The van der Waals surface area contributed by atoms with E-state index in [1.54, 1.807) is 13.0 Å². The number of ether oxygens (including phenoxy) is 8. The molecular formula is C42H70N2O15S. The standard InChI is InChI=1S/C42H70N2O15S/c1-12-30-26(18-54-42-39(53-11)38(52-10)33(48)24(6)56-42)36-37(58-36)31(60-19-27(40(50)51)43-25(7)45)17-29(46)21(3)15-22(4)35(20(2)13-14-32(47)57-30)59-41-34(49)28(44(8)9)16-23(5)55-41/h13-14,20-24,26-28,30-31,33-39,41-42,48-49H,12,15-19H2,1-11H3,(H,43,45)(H,50,51)/b14-13+/t20-,21+,22+,23-,24+,26+,27+,28-,30+,31-,33-,34+,35+,36+,37+,38+,39-,41+,42-/m0/s1. The van der Waals surface area contributed by atoms with Gasteiger partial charge in [0, 0.05) is 68.4 Å². The number of carbonyl (C=O) groups excluding carboxylic acids is 3. The zero-order chi connectivity index (χ0) is 44.6. The third-order valence-corrected chi connectivity index (χ3v) is 13.7. The Bertz CT molecular complexity index is 1460. The molecule has 0 aromatic carbocycles. The van der Waals surface area contributed by atoms with Crippen molar-refractivity contribution in [1.29, 1.82) is 0 Å². The first-order valence-electron chi connectivity index (χ1n) is 21.2. The number of nitrogens with zero attached hydrogens (tertiary/aromatic N) is 1. The van der Waals surface area contributed by atoms with E-state index in [0.29, 0.717) is 19.3 Å². The number of amides is 1. The summed E-state index contributed by atoms with van der Waals surface area (Å²) in [5.74, 6) is -4.07. The van der Waals surface area contributed by atoms with Gasteiger partial charge in [-0.1, -0.05) is 33.8 Å². The van der Waals surface area contributed by atoms with E-state index in [1.165, 1.54) is 39.0 Å². The number of carboxylic acids is 1. The smallest absolute Gasteiger partial charge is 0.330 e. The number of cyclic esters (lactones) is 1. The van der Waals surface area contributed by atoms with E-state index >= 15 is 0 Å². The van der Waals surface area contributed by atoms with Crippen LogP contribution in [0.2, 0.25) is 0 Å². The second kappa shape index (κ2) is 22.9. The van der Waals surface area contributed by atoms with Crippen molar-refractivity contribution in [1.82, 2.24) is 10.2 Å². The van der Waals surface area contributed by atoms with Gasteiger partial charge >= 0.3 is 11.9 Å². The monoisotopic (exact) mass is 874 g/mol. The Kier molecular flexibility index (Phi) is 19.3. The van der Waals surface area contributed by atoms with Gasteiger partial charge in [0.25, 0.3) is 0 Å². The average Bonchev–Trinajstić information content (AvgIpc) is 3.98. The number of fused-ring (bicyclic) bond motifs is 1. The van der Waals surface area contributed by atoms with E-state index in [2.05, 4.69) is 5.32 Å². The highest BCUT2D eigenvalue weighted by molar-refractivity contribution is 8.00. The highest BCUT2D eigenvalue weighted by atomic mass is 32.2. The van der Waals surface area contributed by atoms with Crippen LogP contribution in [0, 0.1) is 23.7 Å². The van der Waals surface area contributed by atoms with Crippen LogP contribution in [0.25, 0.3) is 0 Å². The van der Waals surface area contributed by atoms with Crippen LogP contribution >= 0.6 is 11.8 Å². The van der Waals surface area contributed by atoms with Gasteiger partial charge in [-0.25, -0.2) is 9.59 Å². The molecule has 344 valence electrons. The lowest BCUT2D eigenvalue weighted by atomic mass is 9.83. The Morgan fingerprint density at radius 1 is 0.950 bits per heavy atom. The molecule has 0 unspecified atom stereocenters. The Morgan fingerprint density at radius 2 is 1.63 bits per heavy atom. The summed E-state index contributed by atoms with van der Waals surface area (Å²) < 4.78 is 48.8. The maximum absolute atomic E-state index is 14.2. The molecule has 0 spiro atoms. The first-order valence-corrected chi connectivity index (χ1v) is 22.2. The molecule has 0 bridgehead atoms. The molecule has 0 aliphatic carbocycles. The third-order valence-electron chi connectivity index (χ3n) is 12.3. The van der Waals surface area contributed by atoms with Crippen molar-refractivity contribution in [3.05, 3.63) is 12.2 Å². The number of aliphatic hydroxyl groups excluding tert-OH is 2. The number of carbonyl (C=O) groups is 4. The Balaban J connectivity index is 1.68. The van der Waals surface area contributed by atoms with Crippen molar-refractivity contribution in [2.75, 3.05) is 40.7 Å². The lowest BCUT2D eigenvalue weighted by Gasteiger charge is -2.43. The van der Waals surface area contributed by atoms with E-state index in [1.807, 2.05) is 53.6 Å². The molecule has 0 aromatic heterocycles. The Morgan fingerprint density at radius 3 is 2.23 bits per heavy atom. The predicted octanol–water partition coefficient (Wildman–Crippen LogP) is 2.17. The SMILES string of the molecule is CC[C@H]1OC(=O)/C=C/[C@H](C)[C@@H](O[C@H]2O[C@@H](C)C[C@H](N(C)C)[C@H]2O)[C@H](C)C[C@@H](C)C(=O)C[C@H](SC[C@@H](NC(C)=O)C(=O)O)[C@H]2O[C@@H]2[C@@H]1CO[C@H]1O[C@H](C)[C@H](O)[C@@H](OC)[C@@H]1OC. The number of aliphatic carboxylic acids is 1. The summed E-state index contributed by atoms with van der Waals surface area (Å²) in [4.78, 5) is 53.9. The number of epoxide rings is 1. The van der Waals surface area contributed by atoms with Crippen molar-refractivity contribution in [3.8, 4) is 0 Å². The molecule has 0 radical (unpaired) electrons. The minimum absolute atomic E-state index is 0.0318. The summed E-state index contributed by atoms with van der Waals surface area (Å²) in [5.41, 5.74) is 0. The summed E-state index contributed by atoms with van der Waals surface area (Å²) in [7, 11) is 6.72. The quantitative estimate of drug-likeness (QED) is 0.145. The molecule has 3 saturated heterocycles. The summed E-state index contributed by atoms with van der Waals surface area (Å²) in [6.07, 6.45) is -4.17. The molecule has 0 aromatic rings. The molecule has 17 nitrogen and oxygen atoms in total. The molecule has 4 aliphatic rings. The van der Waals surface area contributed by atoms with Gasteiger partial charge in [0.1, 0.15) is 42.3 Å². The van der Waals surface area contributed by atoms with E-state index < -0.39 is 108 Å². The van der Waals surface area contributed by atoms with Gasteiger partial charge in [0.15, 0.2) is 12.6 Å². The Hall–Kier alpha value is -2.23. The van der Waals surface area contributed by atoms with Crippen LogP contribution in [-0.4, -0.2) is 175 Å². The number of rotatable bonds is 14. The van der Waals surface area contributed by atoms with E-state index in [9.17, 15) is 34.5 Å². The second-order valence-electron chi connectivity index (χ2n) is 17.2. The fourth-order valence-electron chi connectivity index (χ4n) is 8.76. The number of hydrogen-bond donors (Lipinski definition) is 4. The lowest BCUT2D eigenvalue weighted by Crippen LogP contribution is -2.59. The first-order chi connectivity index (χ1) is 28.3. The van der Waals surface area contributed by atoms with Crippen LogP contribution in [-0.2, 0) is 57.1 Å². The maximum Gasteiger partial charge on any atom is 0.330 e. The molecule has 60 heavy (non-hydrogen) atoms. The van der Waals surface area contributed by atoms with Crippen LogP contribution in [0.5, 0.6) is 0 Å². The van der Waals surface area contributed by atoms with Gasteiger partial charge in [-0.15, -0.1) is 0 Å². The zero-order valence-electron chi connectivity index (χ0n) is 37.0. The number of Topliss-reactive ketones (excluding diaryl/α,β-unsaturated/α-hetero) is 1. The van der Waals surface area contributed by atoms with E-state index in [4.69, 9.17) is 37.9 Å². The number of esters is 1. The summed E-state index contributed by atoms with van der Waals surface area (Å²) in [6, 6.07) is -1.42. The number of nitrogens with one attached hydrogen (secondary N) is 1. The molecule has 1 amide bonds. The molecule has 4 heterocycles. The minimum Gasteiger partial charge on any atom is -0.480 e. The third kappa shape index (κ3) is 13.2. The summed E-state index contributed by atoms with van der Waals surface area (Å²) in [5, 5.41) is 33.9. The molecule has 4 N–H and O–H groups in total. The second-order valence-corrected chi connectivity index (χ2v) is 18.5. The molecule has 0 saturated carbocycles. The maximum atomic E-state index is 14.2. The van der Waals surface area contributed by atoms with Gasteiger partial charge < -0.3 is 63.4 Å². The number of aliphatic hydroxyl groups is 2. The van der Waals surface area contributed by atoms with Crippen molar-refractivity contribution in [2.24, 2.45) is 23.7 Å². The van der Waals surface area contributed by atoms with Gasteiger partial charge in [-0.2, -0.15) is 11.8 Å². The van der Waals surface area contributed by atoms with Crippen LogP contribution in [0.15, 0.2) is 12.2 Å². The number of ketones is 1. The first kappa shape index (κ1) is 50.4. The van der Waals surface area contributed by atoms with Crippen molar-refractivity contribution >= 4 is 35.4 Å². The van der Waals surface area contributed by atoms with E-state index in [0.717, 1.165) is 0 Å². The molecule has 4 rings (SSSR count). The van der Waals surface area contributed by atoms with Crippen LogP contribution in [0.4, 0.5) is 0 Å². The van der Waals surface area contributed by atoms with Gasteiger partial charge in [0.2, 0.25) is 5.91 Å². The molecule has 4 aliphatic heterocycles. The van der Waals surface area contributed by atoms with Crippen molar-refractivity contribution in [3.63, 3.8) is 0 Å². The van der Waals surface area contributed by atoms with Crippen LogP contribution < -0.4 is 5.32 Å². The normalized spacial score (nSPS) is 41.8. The number of carboxylic acid groups (broad SMARTS) is 1. The number of likely N-dealkylation sites (N-methyl/N-ethyl adjacent to an activating group) is 1. The molecular weight excluding hydrogens is 805 g/mol. The van der Waals surface area contributed by atoms with Crippen LogP contribution in [0.1, 0.15) is 74.1 Å². The highest BCUT2D eigenvalue weighted by Gasteiger charge is 2.54. The fraction of sp³-hybridized carbons (Fsp3) is 0.857.